The fraction of sp³-hybridized carbons (Fsp3) is 0.273. The highest BCUT2D eigenvalue weighted by Crippen LogP contribution is 2.37. The van der Waals surface area contributed by atoms with Gasteiger partial charge in [-0.2, -0.15) is 0 Å². The third kappa shape index (κ3) is 4.13. The minimum atomic E-state index is -0.441. The molecule has 0 bridgehead atoms. The van der Waals surface area contributed by atoms with Crippen LogP contribution < -0.4 is 15.9 Å². The molecule has 3 aromatic rings. The van der Waals surface area contributed by atoms with Gasteiger partial charge in [0, 0.05) is 19.8 Å². The van der Waals surface area contributed by atoms with Gasteiger partial charge in [0.25, 0.3) is 17.4 Å². The molecule has 0 spiro atoms. The first kappa shape index (κ1) is 20.9. The number of carbonyl (C=O) groups is 2. The average Bonchev–Trinajstić information content (AvgIpc) is 3.11. The Morgan fingerprint density at radius 1 is 1.16 bits per heavy atom. The maximum atomic E-state index is 12.8. The zero-order valence-electron chi connectivity index (χ0n) is 17.5. The molecular weight excluding hydrogens is 414 g/mol. The summed E-state index contributed by atoms with van der Waals surface area (Å²) in [5.74, 6) is -0.343. The maximum absolute atomic E-state index is 12.8. The molecule has 1 aliphatic heterocycles. The van der Waals surface area contributed by atoms with Crippen LogP contribution in [0.3, 0.4) is 0 Å². The number of hydrogen-bond donors (Lipinski definition) is 1. The Hall–Kier alpha value is -3.33. The second-order valence-corrected chi connectivity index (χ2v) is 8.59. The van der Waals surface area contributed by atoms with Crippen molar-refractivity contribution in [1.82, 2.24) is 20.0 Å². The molecule has 9 heteroatoms. The van der Waals surface area contributed by atoms with Gasteiger partial charge in [-0.25, -0.2) is 9.99 Å². The molecule has 1 aliphatic rings. The number of aromatic nitrogens is 2. The van der Waals surface area contributed by atoms with Crippen LogP contribution in [0.2, 0.25) is 0 Å². The van der Waals surface area contributed by atoms with Crippen LogP contribution in [0.25, 0.3) is 11.0 Å². The van der Waals surface area contributed by atoms with Crippen molar-refractivity contribution in [2.75, 3.05) is 24.7 Å². The van der Waals surface area contributed by atoms with E-state index in [0.717, 1.165) is 11.3 Å². The SMILES string of the molecule is Cc1nc2ccccc2n(CC(=O)NN2C(=O)CSC2c2ccc(N(C)C)cc2)c1=O. The smallest absolute Gasteiger partial charge is 0.272 e. The van der Waals surface area contributed by atoms with Gasteiger partial charge in [-0.05, 0) is 36.8 Å². The van der Waals surface area contributed by atoms with E-state index >= 15 is 0 Å². The summed E-state index contributed by atoms with van der Waals surface area (Å²) >= 11 is 1.45. The number of fused-ring (bicyclic) bond motifs is 1. The highest BCUT2D eigenvalue weighted by molar-refractivity contribution is 8.00. The number of aryl methyl sites for hydroxylation is 1. The summed E-state index contributed by atoms with van der Waals surface area (Å²) in [6.07, 6.45) is 0. The molecule has 1 saturated heterocycles. The largest absolute Gasteiger partial charge is 0.378 e. The molecule has 1 aromatic heterocycles. The Morgan fingerprint density at radius 3 is 2.58 bits per heavy atom. The second kappa shape index (κ2) is 8.43. The topological polar surface area (TPSA) is 87.5 Å². The van der Waals surface area contributed by atoms with Crippen molar-refractivity contribution < 1.29 is 9.59 Å². The molecule has 1 atom stereocenters. The van der Waals surface area contributed by atoms with Crippen molar-refractivity contribution in [3.05, 3.63) is 70.1 Å². The summed E-state index contributed by atoms with van der Waals surface area (Å²) in [7, 11) is 3.92. The van der Waals surface area contributed by atoms with Crippen LogP contribution in [0.1, 0.15) is 16.6 Å². The summed E-state index contributed by atoms with van der Waals surface area (Å²) in [5.41, 5.74) is 5.88. The number of nitrogens with one attached hydrogen (secondary N) is 1. The van der Waals surface area contributed by atoms with E-state index in [9.17, 15) is 14.4 Å². The highest BCUT2D eigenvalue weighted by Gasteiger charge is 2.34. The van der Waals surface area contributed by atoms with Crippen LogP contribution in [0.15, 0.2) is 53.3 Å². The minimum Gasteiger partial charge on any atom is -0.378 e. The molecule has 2 amide bonds. The number of rotatable bonds is 5. The summed E-state index contributed by atoms with van der Waals surface area (Å²) in [4.78, 5) is 44.2. The summed E-state index contributed by atoms with van der Waals surface area (Å²) in [6.45, 7) is 1.42. The number of hydrogen-bond acceptors (Lipinski definition) is 6. The average molecular weight is 438 g/mol. The Kier molecular flexibility index (Phi) is 5.69. The van der Waals surface area contributed by atoms with E-state index in [-0.39, 0.29) is 29.1 Å². The van der Waals surface area contributed by atoms with Gasteiger partial charge in [0.15, 0.2) is 0 Å². The zero-order chi connectivity index (χ0) is 22.1. The zero-order valence-corrected chi connectivity index (χ0v) is 18.3. The molecule has 0 radical (unpaired) electrons. The number of carbonyl (C=O) groups excluding carboxylic acids is 2. The number of para-hydroxylation sites is 2. The number of nitrogens with zero attached hydrogens (tertiary/aromatic N) is 4. The van der Waals surface area contributed by atoms with E-state index in [4.69, 9.17) is 0 Å². The fourth-order valence-corrected chi connectivity index (χ4v) is 4.63. The standard InChI is InChI=1S/C22H23N5O3S/c1-14-21(30)26(18-7-5-4-6-17(18)23-14)12-19(28)24-27-20(29)13-31-22(27)15-8-10-16(11-9-15)25(2)3/h4-11,22H,12-13H2,1-3H3,(H,24,28). The van der Waals surface area contributed by atoms with Crippen molar-refractivity contribution in [2.45, 2.75) is 18.8 Å². The number of anilines is 1. The lowest BCUT2D eigenvalue weighted by molar-refractivity contribution is -0.139. The van der Waals surface area contributed by atoms with Crippen molar-refractivity contribution in [3.8, 4) is 0 Å². The van der Waals surface area contributed by atoms with Gasteiger partial charge in [0.05, 0.1) is 16.8 Å². The van der Waals surface area contributed by atoms with E-state index in [1.165, 1.54) is 21.3 Å². The first-order chi connectivity index (χ1) is 14.8. The normalized spacial score (nSPS) is 16.0. The van der Waals surface area contributed by atoms with E-state index < -0.39 is 5.91 Å². The first-order valence-corrected chi connectivity index (χ1v) is 10.9. The maximum Gasteiger partial charge on any atom is 0.272 e. The second-order valence-electron chi connectivity index (χ2n) is 7.53. The van der Waals surface area contributed by atoms with Gasteiger partial charge in [0.2, 0.25) is 0 Å². The molecule has 8 nitrogen and oxygen atoms in total. The predicted molar refractivity (Wildman–Crippen MR) is 122 cm³/mol. The fourth-order valence-electron chi connectivity index (χ4n) is 3.52. The number of thioether (sulfide) groups is 1. The minimum absolute atomic E-state index is 0.178. The van der Waals surface area contributed by atoms with Gasteiger partial charge in [0.1, 0.15) is 17.6 Å². The van der Waals surface area contributed by atoms with Crippen molar-refractivity contribution >= 4 is 40.3 Å². The molecule has 160 valence electrons. The third-order valence-electron chi connectivity index (χ3n) is 5.12. The van der Waals surface area contributed by atoms with E-state index in [0.29, 0.717) is 16.7 Å². The number of hydrazine groups is 1. The highest BCUT2D eigenvalue weighted by atomic mass is 32.2. The molecular formula is C22H23N5O3S. The molecule has 4 rings (SSSR count). The lowest BCUT2D eigenvalue weighted by Crippen LogP contribution is -2.46. The molecule has 0 saturated carbocycles. The van der Waals surface area contributed by atoms with Crippen LogP contribution in [0, 0.1) is 6.92 Å². The predicted octanol–water partition coefficient (Wildman–Crippen LogP) is 2.08. The van der Waals surface area contributed by atoms with Crippen molar-refractivity contribution in [2.24, 2.45) is 0 Å². The van der Waals surface area contributed by atoms with Gasteiger partial charge in [-0.3, -0.25) is 24.4 Å². The Balaban J connectivity index is 1.56. The van der Waals surface area contributed by atoms with Crippen LogP contribution >= 0.6 is 11.8 Å². The van der Waals surface area contributed by atoms with E-state index in [2.05, 4.69) is 10.4 Å². The summed E-state index contributed by atoms with van der Waals surface area (Å²) < 4.78 is 1.39. The van der Waals surface area contributed by atoms with Gasteiger partial charge in [-0.1, -0.05) is 24.3 Å². The van der Waals surface area contributed by atoms with Crippen LogP contribution in [0.5, 0.6) is 0 Å². The Bertz CT molecular complexity index is 1210. The van der Waals surface area contributed by atoms with Crippen LogP contribution in [-0.2, 0) is 16.1 Å². The first-order valence-electron chi connectivity index (χ1n) is 9.82. The molecule has 31 heavy (non-hydrogen) atoms. The summed E-state index contributed by atoms with van der Waals surface area (Å²) in [5, 5.41) is 1.04. The Morgan fingerprint density at radius 2 is 1.87 bits per heavy atom. The Labute approximate surface area is 183 Å². The molecule has 0 aliphatic carbocycles. The number of benzene rings is 2. The van der Waals surface area contributed by atoms with Crippen LogP contribution in [-0.4, -0.2) is 46.2 Å². The van der Waals surface area contributed by atoms with E-state index in [1.54, 1.807) is 25.1 Å². The molecule has 2 heterocycles. The number of amides is 2. The lowest BCUT2D eigenvalue weighted by atomic mass is 10.2. The summed E-state index contributed by atoms with van der Waals surface area (Å²) in [6, 6.07) is 15.0. The molecule has 1 unspecified atom stereocenters. The van der Waals surface area contributed by atoms with Crippen molar-refractivity contribution in [1.29, 1.82) is 0 Å². The monoisotopic (exact) mass is 437 g/mol. The molecule has 2 aromatic carbocycles. The van der Waals surface area contributed by atoms with Crippen LogP contribution in [0.4, 0.5) is 5.69 Å². The van der Waals surface area contributed by atoms with Gasteiger partial charge >= 0.3 is 0 Å². The van der Waals surface area contributed by atoms with Gasteiger partial charge < -0.3 is 4.90 Å². The van der Waals surface area contributed by atoms with Crippen molar-refractivity contribution in [3.63, 3.8) is 0 Å². The van der Waals surface area contributed by atoms with Gasteiger partial charge in [-0.15, -0.1) is 11.8 Å². The third-order valence-corrected chi connectivity index (χ3v) is 6.34. The lowest BCUT2D eigenvalue weighted by Gasteiger charge is -2.25. The van der Waals surface area contributed by atoms with E-state index in [1.807, 2.05) is 49.3 Å². The molecule has 1 fully saturated rings. The molecule has 1 N–H and O–H groups in total. The quantitative estimate of drug-likeness (QED) is 0.658.